The number of benzene rings is 3. The number of hydrogen-bond donors (Lipinski definition) is 1. The van der Waals surface area contributed by atoms with Crippen molar-refractivity contribution in [3.05, 3.63) is 107 Å². The van der Waals surface area contributed by atoms with Crippen molar-refractivity contribution in [2.45, 2.75) is 30.8 Å². The summed E-state index contributed by atoms with van der Waals surface area (Å²) in [6, 6.07) is 24.3. The third-order valence-corrected chi connectivity index (χ3v) is 5.99. The fourth-order valence-corrected chi connectivity index (χ4v) is 4.35. The molecule has 1 aliphatic rings. The molecule has 1 N–H and O–H groups in total. The van der Waals surface area contributed by atoms with Gasteiger partial charge in [0.25, 0.3) is 0 Å². The van der Waals surface area contributed by atoms with Crippen LogP contribution < -0.4 is 0 Å². The number of rotatable bonds is 6. The van der Waals surface area contributed by atoms with Gasteiger partial charge in [-0.3, -0.25) is 4.90 Å². The van der Waals surface area contributed by atoms with Crippen LogP contribution in [0.1, 0.15) is 22.3 Å². The lowest BCUT2D eigenvalue weighted by Gasteiger charge is -2.43. The molecular formula is C26H26F3NO2. The van der Waals surface area contributed by atoms with E-state index in [1.165, 1.54) is 12.1 Å². The van der Waals surface area contributed by atoms with Gasteiger partial charge in [-0.1, -0.05) is 78.9 Å². The molecule has 0 aliphatic carbocycles. The molecule has 32 heavy (non-hydrogen) atoms. The summed E-state index contributed by atoms with van der Waals surface area (Å²) in [5.41, 5.74) is -0.610. The molecule has 0 bridgehead atoms. The molecular weight excluding hydrogens is 415 g/mol. The van der Waals surface area contributed by atoms with Crippen LogP contribution in [-0.4, -0.2) is 35.8 Å². The van der Waals surface area contributed by atoms with E-state index in [0.29, 0.717) is 31.8 Å². The molecule has 168 valence electrons. The second-order valence-corrected chi connectivity index (χ2v) is 8.20. The molecule has 3 aromatic rings. The van der Waals surface area contributed by atoms with Gasteiger partial charge in [-0.15, -0.1) is 0 Å². The lowest BCUT2D eigenvalue weighted by atomic mass is 9.80. The average Bonchev–Trinajstić information content (AvgIpc) is 2.80. The Labute approximate surface area is 186 Å². The summed E-state index contributed by atoms with van der Waals surface area (Å²) in [4.78, 5) is 2.17. The molecule has 0 aromatic heterocycles. The lowest BCUT2D eigenvalue weighted by Crippen LogP contribution is -2.53. The zero-order valence-electron chi connectivity index (χ0n) is 17.6. The van der Waals surface area contributed by atoms with Crippen molar-refractivity contribution in [1.82, 2.24) is 4.90 Å². The molecule has 0 spiro atoms. The average molecular weight is 441 g/mol. The van der Waals surface area contributed by atoms with Crippen LogP contribution in [0.4, 0.5) is 13.2 Å². The maximum Gasteiger partial charge on any atom is 0.416 e. The highest BCUT2D eigenvalue weighted by molar-refractivity contribution is 5.35. The number of alkyl halides is 3. The minimum Gasteiger partial charge on any atom is -0.382 e. The standard InChI is InChI=1S/C26H26F3NO2/c27-26(28,29)23-14-8-7-11-21(23)17-25(31,22-12-5-2-6-13-22)24-19-30(15-16-32-24)18-20-9-3-1-4-10-20/h1-14,24,31H,15-19H2. The fourth-order valence-electron chi connectivity index (χ4n) is 4.35. The topological polar surface area (TPSA) is 32.7 Å². The van der Waals surface area contributed by atoms with E-state index in [1.807, 2.05) is 36.4 Å². The van der Waals surface area contributed by atoms with Crippen LogP contribution in [-0.2, 0) is 29.5 Å². The maximum absolute atomic E-state index is 13.7. The van der Waals surface area contributed by atoms with Gasteiger partial charge in [-0.2, -0.15) is 13.2 Å². The predicted octanol–water partition coefficient (Wildman–Crippen LogP) is 5.04. The first-order chi connectivity index (χ1) is 15.4. The monoisotopic (exact) mass is 441 g/mol. The second-order valence-electron chi connectivity index (χ2n) is 8.20. The fraction of sp³-hybridized carbons (Fsp3) is 0.308. The van der Waals surface area contributed by atoms with Gasteiger partial charge in [0, 0.05) is 26.1 Å². The van der Waals surface area contributed by atoms with E-state index in [9.17, 15) is 18.3 Å². The van der Waals surface area contributed by atoms with Gasteiger partial charge in [0.05, 0.1) is 12.2 Å². The molecule has 3 aromatic carbocycles. The van der Waals surface area contributed by atoms with Gasteiger partial charge in [0.2, 0.25) is 0 Å². The highest BCUT2D eigenvalue weighted by Crippen LogP contribution is 2.38. The number of halogens is 3. The van der Waals surface area contributed by atoms with Crippen molar-refractivity contribution in [3.8, 4) is 0 Å². The molecule has 0 radical (unpaired) electrons. The summed E-state index contributed by atoms with van der Waals surface area (Å²) < 4.78 is 46.9. The molecule has 2 atom stereocenters. The van der Waals surface area contributed by atoms with Crippen molar-refractivity contribution >= 4 is 0 Å². The number of morpholine rings is 1. The third kappa shape index (κ3) is 5.04. The molecule has 1 fully saturated rings. The molecule has 4 rings (SSSR count). The molecule has 2 unspecified atom stereocenters. The molecule has 1 saturated heterocycles. The number of nitrogens with zero attached hydrogens (tertiary/aromatic N) is 1. The third-order valence-electron chi connectivity index (χ3n) is 5.99. The number of ether oxygens (including phenoxy) is 1. The van der Waals surface area contributed by atoms with Crippen LogP contribution in [0.2, 0.25) is 0 Å². The van der Waals surface area contributed by atoms with Gasteiger partial charge < -0.3 is 9.84 Å². The second kappa shape index (κ2) is 9.45. The van der Waals surface area contributed by atoms with Crippen LogP contribution >= 0.6 is 0 Å². The summed E-state index contributed by atoms with van der Waals surface area (Å²) in [7, 11) is 0. The Bertz CT molecular complexity index is 1010. The highest BCUT2D eigenvalue weighted by Gasteiger charge is 2.44. The SMILES string of the molecule is OC(Cc1ccccc1C(F)(F)F)(c1ccccc1)C1CN(Cc2ccccc2)CCO1. The molecule has 0 saturated carbocycles. The lowest BCUT2D eigenvalue weighted by molar-refractivity contribution is -0.153. The van der Waals surface area contributed by atoms with Crippen LogP contribution in [0, 0.1) is 0 Å². The number of aliphatic hydroxyl groups is 1. The van der Waals surface area contributed by atoms with Gasteiger partial charge >= 0.3 is 6.18 Å². The predicted molar refractivity (Wildman–Crippen MR) is 117 cm³/mol. The molecule has 6 heteroatoms. The smallest absolute Gasteiger partial charge is 0.382 e. The number of hydrogen-bond acceptors (Lipinski definition) is 3. The van der Waals surface area contributed by atoms with Gasteiger partial charge in [0.1, 0.15) is 11.7 Å². The molecule has 1 aliphatic heterocycles. The summed E-state index contributed by atoms with van der Waals surface area (Å²) in [6.45, 7) is 2.18. The van der Waals surface area contributed by atoms with Gasteiger partial charge in [-0.25, -0.2) is 0 Å². The Kier molecular flexibility index (Phi) is 6.65. The van der Waals surface area contributed by atoms with Gasteiger partial charge in [-0.05, 0) is 22.8 Å². The van der Waals surface area contributed by atoms with E-state index >= 15 is 0 Å². The van der Waals surface area contributed by atoms with E-state index in [2.05, 4.69) is 4.90 Å². The maximum atomic E-state index is 13.7. The Hall–Kier alpha value is -2.67. The van der Waals surface area contributed by atoms with Crippen molar-refractivity contribution in [1.29, 1.82) is 0 Å². The summed E-state index contributed by atoms with van der Waals surface area (Å²) in [6.07, 6.45) is -5.37. The van der Waals surface area contributed by atoms with Crippen molar-refractivity contribution < 1.29 is 23.0 Å². The summed E-state index contributed by atoms with van der Waals surface area (Å²) >= 11 is 0. The summed E-state index contributed by atoms with van der Waals surface area (Å²) in [5, 5.41) is 11.9. The van der Waals surface area contributed by atoms with Crippen LogP contribution in [0.25, 0.3) is 0 Å². The minimum absolute atomic E-state index is 0.0511. The zero-order valence-corrected chi connectivity index (χ0v) is 17.6. The van der Waals surface area contributed by atoms with E-state index in [-0.39, 0.29) is 12.0 Å². The molecule has 0 amide bonds. The highest BCUT2D eigenvalue weighted by atomic mass is 19.4. The van der Waals surface area contributed by atoms with Crippen LogP contribution in [0.15, 0.2) is 84.9 Å². The van der Waals surface area contributed by atoms with E-state index in [4.69, 9.17) is 4.74 Å². The van der Waals surface area contributed by atoms with Crippen LogP contribution in [0.5, 0.6) is 0 Å². The normalized spacial score (nSPS) is 19.4. The quantitative estimate of drug-likeness (QED) is 0.582. The zero-order chi connectivity index (χ0) is 22.6. The Morgan fingerprint density at radius 2 is 1.50 bits per heavy atom. The first-order valence-electron chi connectivity index (χ1n) is 10.7. The first-order valence-corrected chi connectivity index (χ1v) is 10.7. The van der Waals surface area contributed by atoms with E-state index in [0.717, 1.165) is 11.6 Å². The van der Waals surface area contributed by atoms with Gasteiger partial charge in [0.15, 0.2) is 0 Å². The van der Waals surface area contributed by atoms with E-state index in [1.54, 1.807) is 30.3 Å². The molecule has 3 nitrogen and oxygen atoms in total. The Balaban J connectivity index is 1.65. The molecule has 1 heterocycles. The Morgan fingerprint density at radius 3 is 2.19 bits per heavy atom. The Morgan fingerprint density at radius 1 is 0.875 bits per heavy atom. The van der Waals surface area contributed by atoms with Crippen molar-refractivity contribution in [2.24, 2.45) is 0 Å². The van der Waals surface area contributed by atoms with E-state index < -0.39 is 23.4 Å². The summed E-state index contributed by atoms with van der Waals surface area (Å²) in [5.74, 6) is 0. The van der Waals surface area contributed by atoms with Crippen molar-refractivity contribution in [3.63, 3.8) is 0 Å². The minimum atomic E-state index is -4.50. The largest absolute Gasteiger partial charge is 0.416 e. The van der Waals surface area contributed by atoms with Crippen LogP contribution in [0.3, 0.4) is 0 Å². The first kappa shape index (κ1) is 22.5. The van der Waals surface area contributed by atoms with Crippen molar-refractivity contribution in [2.75, 3.05) is 19.7 Å².